The van der Waals surface area contributed by atoms with Crippen LogP contribution in [0.15, 0.2) is 29.2 Å². The number of hydrogen-bond donors (Lipinski definition) is 2. The van der Waals surface area contributed by atoms with Crippen LogP contribution in [0.4, 0.5) is 4.39 Å². The molecule has 7 nitrogen and oxygen atoms in total. The minimum absolute atomic E-state index is 0.00894. The fourth-order valence-corrected chi connectivity index (χ4v) is 2.93. The van der Waals surface area contributed by atoms with E-state index in [2.05, 4.69) is 5.32 Å². The molecule has 0 saturated heterocycles. The molecule has 0 bridgehead atoms. The van der Waals surface area contributed by atoms with Crippen LogP contribution in [0.3, 0.4) is 0 Å². The number of nitrogens with one attached hydrogen (secondary N) is 1. The van der Waals surface area contributed by atoms with Gasteiger partial charge >= 0.3 is 5.97 Å². The number of alkyl halides is 3. The van der Waals surface area contributed by atoms with Gasteiger partial charge in [0.05, 0.1) is 10.9 Å². The van der Waals surface area contributed by atoms with Crippen molar-refractivity contribution in [2.24, 2.45) is 5.73 Å². The van der Waals surface area contributed by atoms with Gasteiger partial charge in [0, 0.05) is 12.7 Å². The Hall–Kier alpha value is -1.42. The summed E-state index contributed by atoms with van der Waals surface area (Å²) in [6, 6.07) is 4.10. The maximum absolute atomic E-state index is 13.6. The number of hydrogen-bond acceptors (Lipinski definition) is 6. The van der Waals surface area contributed by atoms with E-state index in [-0.39, 0.29) is 17.9 Å². The molecule has 1 aromatic carbocycles. The van der Waals surface area contributed by atoms with Crippen molar-refractivity contribution < 1.29 is 27.1 Å². The molecule has 0 aliphatic rings. The molecule has 0 spiro atoms. The summed E-state index contributed by atoms with van der Waals surface area (Å²) >= 11 is 10.9. The number of halogens is 3. The molecule has 2 atom stereocenters. The van der Waals surface area contributed by atoms with Gasteiger partial charge in [0.25, 0.3) is 5.91 Å². The Balaban J connectivity index is 3.15. The summed E-state index contributed by atoms with van der Waals surface area (Å²) in [5.41, 5.74) is 5.65. The van der Waals surface area contributed by atoms with Crippen LogP contribution in [0.5, 0.6) is 0 Å². The van der Waals surface area contributed by atoms with Crippen molar-refractivity contribution in [3.63, 3.8) is 0 Å². The van der Waals surface area contributed by atoms with Gasteiger partial charge in [-0.05, 0) is 30.7 Å². The number of sulfone groups is 1. The van der Waals surface area contributed by atoms with Crippen molar-refractivity contribution in [3.05, 3.63) is 29.8 Å². The zero-order valence-electron chi connectivity index (χ0n) is 14.5. The molecule has 0 heterocycles. The third kappa shape index (κ3) is 7.61. The summed E-state index contributed by atoms with van der Waals surface area (Å²) in [4.78, 5) is 22.3. The van der Waals surface area contributed by atoms with Gasteiger partial charge in [-0.25, -0.2) is 12.8 Å². The molecule has 1 aromatic rings. The lowest BCUT2D eigenvalue weighted by Crippen LogP contribution is -2.44. The second-order valence-electron chi connectivity index (χ2n) is 5.71. The summed E-state index contributed by atoms with van der Waals surface area (Å²) in [6.07, 6.45) is 0.217. The Morgan fingerprint density at radius 2 is 1.85 bits per heavy atom. The van der Waals surface area contributed by atoms with E-state index in [1.165, 1.54) is 24.3 Å². The number of carbonyl (C=O) groups excluding carboxylic acids is 2. The molecule has 0 fully saturated rings. The summed E-state index contributed by atoms with van der Waals surface area (Å²) in [5, 5.41) is 2.27. The quantitative estimate of drug-likeness (QED) is 0.420. The highest BCUT2D eigenvalue weighted by Crippen LogP contribution is 2.25. The molecule has 2 unspecified atom stereocenters. The number of rotatable bonds is 10. The van der Waals surface area contributed by atoms with Crippen LogP contribution in [-0.2, 0) is 24.2 Å². The zero-order valence-corrected chi connectivity index (χ0v) is 16.9. The van der Waals surface area contributed by atoms with Gasteiger partial charge in [-0.2, -0.15) is 0 Å². The first-order chi connectivity index (χ1) is 12.6. The minimum atomic E-state index is -3.44. The number of amides is 1. The number of carbonyl (C=O) groups is 2. The lowest BCUT2D eigenvalue weighted by atomic mass is 10.0. The average molecular weight is 443 g/mol. The molecular weight excluding hydrogens is 422 g/mol. The molecule has 0 aliphatic carbocycles. The van der Waals surface area contributed by atoms with Gasteiger partial charge in [0.1, 0.15) is 12.8 Å². The average Bonchev–Trinajstić information content (AvgIpc) is 2.61. The van der Waals surface area contributed by atoms with Crippen LogP contribution >= 0.6 is 23.2 Å². The first kappa shape index (κ1) is 23.6. The summed E-state index contributed by atoms with van der Waals surface area (Å²) < 4.78 is 42.0. The lowest BCUT2D eigenvalue weighted by Gasteiger charge is -2.26. The molecule has 0 saturated carbocycles. The molecule has 3 N–H and O–H groups in total. The van der Waals surface area contributed by atoms with Crippen molar-refractivity contribution in [3.8, 4) is 0 Å². The van der Waals surface area contributed by atoms with Gasteiger partial charge < -0.3 is 15.8 Å². The third-order valence-corrected chi connectivity index (χ3v) is 5.06. The smallest absolute Gasteiger partial charge is 0.306 e. The number of esters is 1. The van der Waals surface area contributed by atoms with Crippen LogP contribution in [0.25, 0.3) is 0 Å². The number of nitrogens with two attached hydrogens (primary N) is 1. The SMILES string of the molecule is CS(=O)(=O)c1ccc(C(OC(=O)CCCN)C(CF)NC(=O)C(Cl)Cl)cc1. The highest BCUT2D eigenvalue weighted by molar-refractivity contribution is 7.90. The van der Waals surface area contributed by atoms with Crippen LogP contribution < -0.4 is 11.1 Å². The van der Waals surface area contributed by atoms with Gasteiger partial charge in [0.15, 0.2) is 14.7 Å². The molecule has 0 aliphatic heterocycles. The van der Waals surface area contributed by atoms with Crippen LogP contribution in [-0.4, -0.2) is 50.6 Å². The second kappa shape index (κ2) is 10.8. The van der Waals surface area contributed by atoms with E-state index < -0.39 is 45.4 Å². The topological polar surface area (TPSA) is 116 Å². The van der Waals surface area contributed by atoms with Gasteiger partial charge in [-0.1, -0.05) is 35.3 Å². The van der Waals surface area contributed by atoms with Crippen molar-refractivity contribution in [1.82, 2.24) is 5.32 Å². The first-order valence-electron chi connectivity index (χ1n) is 7.94. The van der Waals surface area contributed by atoms with Crippen molar-refractivity contribution in [2.75, 3.05) is 19.5 Å². The third-order valence-electron chi connectivity index (χ3n) is 3.54. The maximum atomic E-state index is 13.6. The molecule has 0 radical (unpaired) electrons. The fourth-order valence-electron chi connectivity index (χ4n) is 2.18. The molecule has 1 amide bonds. The Labute approximate surface area is 167 Å². The van der Waals surface area contributed by atoms with Gasteiger partial charge in [0.2, 0.25) is 0 Å². The van der Waals surface area contributed by atoms with Gasteiger partial charge in [-0.15, -0.1) is 0 Å². The van der Waals surface area contributed by atoms with E-state index in [1.54, 1.807) is 0 Å². The largest absolute Gasteiger partial charge is 0.455 e. The standard InChI is InChI=1S/C16H21Cl2FN2O5S/c1-27(24,25)11-6-4-10(5-7-11)14(26-13(22)3-2-8-20)12(9-19)21-16(23)15(17)18/h4-7,12,14-15H,2-3,8-9,20H2,1H3,(H,21,23). The van der Waals surface area contributed by atoms with Crippen LogP contribution in [0.1, 0.15) is 24.5 Å². The summed E-state index contributed by atoms with van der Waals surface area (Å²) in [7, 11) is -3.44. The molecule has 27 heavy (non-hydrogen) atoms. The van der Waals surface area contributed by atoms with E-state index in [1.807, 2.05) is 0 Å². The number of benzene rings is 1. The van der Waals surface area contributed by atoms with Crippen molar-refractivity contribution >= 4 is 44.9 Å². The van der Waals surface area contributed by atoms with E-state index in [4.69, 9.17) is 33.7 Å². The monoisotopic (exact) mass is 442 g/mol. The fraction of sp³-hybridized carbons (Fsp3) is 0.500. The van der Waals surface area contributed by atoms with E-state index in [0.717, 1.165) is 6.26 Å². The highest BCUT2D eigenvalue weighted by atomic mass is 35.5. The minimum Gasteiger partial charge on any atom is -0.455 e. The molecule has 11 heteroatoms. The second-order valence-corrected chi connectivity index (χ2v) is 8.83. The Kier molecular flexibility index (Phi) is 9.44. The maximum Gasteiger partial charge on any atom is 0.306 e. The van der Waals surface area contributed by atoms with Crippen molar-refractivity contribution in [1.29, 1.82) is 0 Å². The van der Waals surface area contributed by atoms with E-state index in [0.29, 0.717) is 12.0 Å². The Morgan fingerprint density at radius 1 is 1.26 bits per heavy atom. The van der Waals surface area contributed by atoms with Gasteiger partial charge in [-0.3, -0.25) is 9.59 Å². The van der Waals surface area contributed by atoms with Crippen molar-refractivity contribution in [2.45, 2.75) is 34.7 Å². The van der Waals surface area contributed by atoms with Crippen LogP contribution in [0, 0.1) is 0 Å². The van der Waals surface area contributed by atoms with Crippen LogP contribution in [0.2, 0.25) is 0 Å². The predicted octanol–water partition coefficient (Wildman–Crippen LogP) is 1.67. The lowest BCUT2D eigenvalue weighted by molar-refractivity contribution is -0.152. The normalized spacial score (nSPS) is 13.9. The Bertz CT molecular complexity index is 744. The molecule has 0 aromatic heterocycles. The summed E-state index contributed by atoms with van der Waals surface area (Å²) in [6.45, 7) is -0.804. The highest BCUT2D eigenvalue weighted by Gasteiger charge is 2.30. The predicted molar refractivity (Wildman–Crippen MR) is 100 cm³/mol. The molecular formula is C16H21Cl2FN2O5S. The van der Waals surface area contributed by atoms with E-state index in [9.17, 15) is 22.4 Å². The molecule has 152 valence electrons. The van der Waals surface area contributed by atoms with E-state index >= 15 is 0 Å². The Morgan fingerprint density at radius 3 is 2.30 bits per heavy atom. The first-order valence-corrected chi connectivity index (χ1v) is 10.7. The number of ether oxygens (including phenoxy) is 1. The molecule has 1 rings (SSSR count). The summed E-state index contributed by atoms with van der Waals surface area (Å²) in [5.74, 6) is -1.49. The zero-order chi connectivity index (χ0) is 20.6.